The van der Waals surface area contributed by atoms with Gasteiger partial charge in [0.15, 0.2) is 17.5 Å². The number of aryl methyl sites for hydroxylation is 1. The number of amides is 2. The van der Waals surface area contributed by atoms with Crippen molar-refractivity contribution in [3.8, 4) is 0 Å². The van der Waals surface area contributed by atoms with Crippen LogP contribution in [0.2, 0.25) is 0 Å². The number of aromatic nitrogens is 1. The summed E-state index contributed by atoms with van der Waals surface area (Å²) in [6.07, 6.45) is 3.99. The molecule has 0 aliphatic carbocycles. The number of hydrogen-bond donors (Lipinski definition) is 0. The molecular weight excluding hydrogens is 347 g/mol. The molecule has 1 aliphatic heterocycles. The van der Waals surface area contributed by atoms with Gasteiger partial charge in [0, 0.05) is 45.6 Å². The van der Waals surface area contributed by atoms with Crippen LogP contribution < -0.4 is 0 Å². The normalized spacial score (nSPS) is 14.6. The lowest BCUT2D eigenvalue weighted by Crippen LogP contribution is -2.51. The molecule has 0 spiro atoms. The first-order valence-electron chi connectivity index (χ1n) is 8.18. The zero-order valence-corrected chi connectivity index (χ0v) is 14.2. The lowest BCUT2D eigenvalue weighted by Gasteiger charge is -2.35. The predicted octanol–water partition coefficient (Wildman–Crippen LogP) is 1.97. The molecule has 1 fully saturated rings. The highest BCUT2D eigenvalue weighted by molar-refractivity contribution is 5.94. The van der Waals surface area contributed by atoms with Crippen molar-refractivity contribution in [1.82, 2.24) is 14.4 Å². The number of carbonyl (C=O) groups excluding carboxylic acids is 2. The van der Waals surface area contributed by atoms with E-state index in [-0.39, 0.29) is 25.4 Å². The fourth-order valence-corrected chi connectivity index (χ4v) is 2.97. The molecule has 0 bridgehead atoms. The molecule has 1 aromatic carbocycles. The van der Waals surface area contributed by atoms with Crippen molar-refractivity contribution >= 4 is 11.8 Å². The van der Waals surface area contributed by atoms with Gasteiger partial charge in [-0.1, -0.05) is 0 Å². The van der Waals surface area contributed by atoms with E-state index in [0.29, 0.717) is 13.1 Å². The monoisotopic (exact) mass is 365 g/mol. The molecule has 0 saturated carbocycles. The Labute approximate surface area is 148 Å². The summed E-state index contributed by atoms with van der Waals surface area (Å²) in [4.78, 5) is 27.6. The van der Waals surface area contributed by atoms with Crippen LogP contribution in [-0.4, -0.2) is 52.4 Å². The number of nitrogens with zero attached hydrogens (tertiary/aromatic N) is 3. The Morgan fingerprint density at radius 1 is 0.962 bits per heavy atom. The molecule has 0 atom stereocenters. The summed E-state index contributed by atoms with van der Waals surface area (Å²) in [5.74, 6) is -5.25. The third kappa shape index (κ3) is 3.58. The summed E-state index contributed by atoms with van der Waals surface area (Å²) in [5, 5.41) is 0. The minimum absolute atomic E-state index is 0.0534. The van der Waals surface area contributed by atoms with Gasteiger partial charge in [-0.2, -0.15) is 0 Å². The minimum Gasteiger partial charge on any atom is -0.357 e. The van der Waals surface area contributed by atoms with E-state index in [0.717, 1.165) is 17.7 Å². The van der Waals surface area contributed by atoms with Crippen LogP contribution in [0.5, 0.6) is 0 Å². The van der Waals surface area contributed by atoms with E-state index in [4.69, 9.17) is 0 Å². The Bertz CT molecular complexity index is 842. The highest BCUT2D eigenvalue weighted by Gasteiger charge is 2.28. The second-order valence-corrected chi connectivity index (χ2v) is 6.26. The molecule has 1 aliphatic rings. The zero-order valence-electron chi connectivity index (χ0n) is 14.2. The van der Waals surface area contributed by atoms with E-state index >= 15 is 0 Å². The standard InChI is InChI=1S/C18H18F3N3O2/c1-22-5-4-12(11-22)10-15(25)23-6-8-24(9-7-23)18(26)13-2-3-14(19)17(21)16(13)20/h2-5,11H,6-10H2,1H3. The maximum Gasteiger partial charge on any atom is 0.257 e. The number of halogens is 3. The van der Waals surface area contributed by atoms with Crippen LogP contribution in [0.4, 0.5) is 13.2 Å². The summed E-state index contributed by atoms with van der Waals surface area (Å²) in [7, 11) is 1.87. The van der Waals surface area contributed by atoms with Crippen LogP contribution in [0.1, 0.15) is 15.9 Å². The summed E-state index contributed by atoms with van der Waals surface area (Å²) in [5.41, 5.74) is 0.396. The maximum absolute atomic E-state index is 13.8. The van der Waals surface area contributed by atoms with Crippen LogP contribution in [0.15, 0.2) is 30.6 Å². The van der Waals surface area contributed by atoms with Crippen LogP contribution >= 0.6 is 0 Å². The molecule has 0 N–H and O–H groups in total. The Hall–Kier alpha value is -2.77. The highest BCUT2D eigenvalue weighted by Crippen LogP contribution is 2.18. The first kappa shape index (κ1) is 18.0. The van der Waals surface area contributed by atoms with Gasteiger partial charge in [0.25, 0.3) is 5.91 Å². The molecule has 3 rings (SSSR count). The van der Waals surface area contributed by atoms with Crippen LogP contribution in [-0.2, 0) is 18.3 Å². The molecule has 2 amide bonds. The molecular formula is C18H18F3N3O2. The first-order valence-corrected chi connectivity index (χ1v) is 8.18. The molecule has 26 heavy (non-hydrogen) atoms. The van der Waals surface area contributed by atoms with Crippen molar-refractivity contribution in [2.24, 2.45) is 7.05 Å². The lowest BCUT2D eigenvalue weighted by molar-refractivity contribution is -0.131. The molecule has 8 heteroatoms. The second-order valence-electron chi connectivity index (χ2n) is 6.26. The first-order chi connectivity index (χ1) is 12.4. The van der Waals surface area contributed by atoms with E-state index < -0.39 is 28.9 Å². The third-order valence-corrected chi connectivity index (χ3v) is 4.43. The van der Waals surface area contributed by atoms with Crippen molar-refractivity contribution < 1.29 is 22.8 Å². The number of piperazine rings is 1. The minimum atomic E-state index is -1.66. The summed E-state index contributed by atoms with van der Waals surface area (Å²) >= 11 is 0. The Morgan fingerprint density at radius 2 is 1.62 bits per heavy atom. The van der Waals surface area contributed by atoms with Crippen molar-refractivity contribution in [2.45, 2.75) is 6.42 Å². The summed E-state index contributed by atoms with van der Waals surface area (Å²) in [6.45, 7) is 1.03. The average Bonchev–Trinajstić information content (AvgIpc) is 3.04. The smallest absolute Gasteiger partial charge is 0.257 e. The summed E-state index contributed by atoms with van der Waals surface area (Å²) in [6, 6.07) is 3.53. The SMILES string of the molecule is Cn1ccc(CC(=O)N2CCN(C(=O)c3ccc(F)c(F)c3F)CC2)c1. The van der Waals surface area contributed by atoms with Crippen molar-refractivity contribution in [2.75, 3.05) is 26.2 Å². The van der Waals surface area contributed by atoms with E-state index in [1.165, 1.54) is 4.90 Å². The Kier molecular flexibility index (Phi) is 5.01. The van der Waals surface area contributed by atoms with Crippen LogP contribution in [0.25, 0.3) is 0 Å². The van der Waals surface area contributed by atoms with Gasteiger partial charge in [-0.25, -0.2) is 13.2 Å². The maximum atomic E-state index is 13.8. The van der Waals surface area contributed by atoms with Gasteiger partial charge in [-0.3, -0.25) is 9.59 Å². The molecule has 5 nitrogen and oxygen atoms in total. The number of rotatable bonds is 3. The molecule has 2 aromatic rings. The average molecular weight is 365 g/mol. The van der Waals surface area contributed by atoms with E-state index in [1.54, 1.807) is 4.90 Å². The second kappa shape index (κ2) is 7.23. The van der Waals surface area contributed by atoms with E-state index in [9.17, 15) is 22.8 Å². The molecule has 2 heterocycles. The van der Waals surface area contributed by atoms with Gasteiger partial charge in [0.05, 0.1) is 12.0 Å². The highest BCUT2D eigenvalue weighted by atomic mass is 19.2. The van der Waals surface area contributed by atoms with Gasteiger partial charge in [-0.05, 0) is 23.8 Å². The van der Waals surface area contributed by atoms with Crippen LogP contribution in [0.3, 0.4) is 0 Å². The molecule has 1 saturated heterocycles. The van der Waals surface area contributed by atoms with Gasteiger partial charge >= 0.3 is 0 Å². The number of carbonyl (C=O) groups is 2. The zero-order chi connectivity index (χ0) is 18.8. The van der Waals surface area contributed by atoms with Crippen molar-refractivity contribution in [1.29, 1.82) is 0 Å². The number of benzene rings is 1. The quantitative estimate of drug-likeness (QED) is 0.781. The fraction of sp³-hybridized carbons (Fsp3) is 0.333. The Balaban J connectivity index is 1.60. The molecule has 0 radical (unpaired) electrons. The van der Waals surface area contributed by atoms with Crippen molar-refractivity contribution in [3.05, 3.63) is 59.2 Å². The van der Waals surface area contributed by atoms with Gasteiger partial charge in [0.2, 0.25) is 5.91 Å². The predicted molar refractivity (Wildman–Crippen MR) is 87.9 cm³/mol. The van der Waals surface area contributed by atoms with E-state index in [2.05, 4.69) is 0 Å². The topological polar surface area (TPSA) is 45.6 Å². The molecule has 138 valence electrons. The third-order valence-electron chi connectivity index (χ3n) is 4.43. The molecule has 0 unspecified atom stereocenters. The Morgan fingerprint density at radius 3 is 2.23 bits per heavy atom. The van der Waals surface area contributed by atoms with Gasteiger partial charge in [0.1, 0.15) is 0 Å². The van der Waals surface area contributed by atoms with E-state index in [1.807, 2.05) is 30.1 Å². The number of hydrogen-bond acceptors (Lipinski definition) is 2. The fourth-order valence-electron chi connectivity index (χ4n) is 2.97. The largest absolute Gasteiger partial charge is 0.357 e. The van der Waals surface area contributed by atoms with Gasteiger partial charge in [-0.15, -0.1) is 0 Å². The molecule has 1 aromatic heterocycles. The lowest BCUT2D eigenvalue weighted by atomic mass is 10.1. The van der Waals surface area contributed by atoms with Crippen LogP contribution in [0, 0.1) is 17.5 Å². The summed E-state index contributed by atoms with van der Waals surface area (Å²) < 4.78 is 42.0. The van der Waals surface area contributed by atoms with Crippen molar-refractivity contribution in [3.63, 3.8) is 0 Å². The van der Waals surface area contributed by atoms with Gasteiger partial charge < -0.3 is 14.4 Å².